The number of aliphatic hydroxyl groups is 1. The molecule has 3 aliphatic heterocycles. The minimum Gasteiger partial charge on any atom is -0.504 e. The Kier molecular flexibility index (Phi) is 3.80. The first-order valence-electron chi connectivity index (χ1n) is 10.8. The molecule has 2 saturated heterocycles. The second-order valence-electron chi connectivity index (χ2n) is 9.58. The maximum absolute atomic E-state index is 12.5. The molecule has 2 bridgehead atoms. The van der Waals surface area contributed by atoms with Crippen molar-refractivity contribution in [2.24, 2.45) is 5.92 Å². The predicted molar refractivity (Wildman–Crippen MR) is 107 cm³/mol. The van der Waals surface area contributed by atoms with Gasteiger partial charge in [-0.3, -0.25) is 9.69 Å². The first-order chi connectivity index (χ1) is 14.0. The highest BCUT2D eigenvalue weighted by molar-refractivity contribution is 6.27. The van der Waals surface area contributed by atoms with Crippen LogP contribution < -0.4 is 4.74 Å². The number of halogens is 1. The summed E-state index contributed by atoms with van der Waals surface area (Å²) in [5.74, 6) is 1.19. The highest BCUT2D eigenvalue weighted by Gasteiger charge is 2.71. The van der Waals surface area contributed by atoms with E-state index in [9.17, 15) is 15.0 Å². The Balaban J connectivity index is 1.52. The number of aromatic hydroxyl groups is 1. The number of likely N-dealkylation sites (tertiary alicyclic amines) is 2. The average Bonchev–Trinajstić information content (AvgIpc) is 3.47. The molecule has 0 radical (unpaired) electrons. The van der Waals surface area contributed by atoms with E-state index in [0.717, 1.165) is 37.4 Å². The summed E-state index contributed by atoms with van der Waals surface area (Å²) in [4.78, 5) is 16.7. The molecular formula is C22H27ClN2O4. The van der Waals surface area contributed by atoms with Gasteiger partial charge in [-0.25, -0.2) is 0 Å². The number of piperidine rings is 1. The van der Waals surface area contributed by atoms with Gasteiger partial charge in [-0.1, -0.05) is 6.07 Å². The number of nitrogens with zero attached hydrogens (tertiary/aromatic N) is 2. The Hall–Kier alpha value is -1.50. The molecule has 1 amide bonds. The highest BCUT2D eigenvalue weighted by atomic mass is 35.5. The maximum atomic E-state index is 12.5. The van der Waals surface area contributed by atoms with Gasteiger partial charge < -0.3 is 19.8 Å². The number of amides is 1. The van der Waals surface area contributed by atoms with E-state index >= 15 is 0 Å². The monoisotopic (exact) mass is 418 g/mol. The van der Waals surface area contributed by atoms with Crippen molar-refractivity contribution in [1.29, 1.82) is 0 Å². The van der Waals surface area contributed by atoms with Crippen LogP contribution >= 0.6 is 11.6 Å². The minimum absolute atomic E-state index is 0.0111. The summed E-state index contributed by atoms with van der Waals surface area (Å²) in [6, 6.07) is 3.72. The van der Waals surface area contributed by atoms with Crippen LogP contribution in [-0.2, 0) is 16.6 Å². The molecule has 3 heterocycles. The average molecular weight is 419 g/mol. The van der Waals surface area contributed by atoms with E-state index in [2.05, 4.69) is 4.90 Å². The Morgan fingerprint density at radius 1 is 1.28 bits per heavy atom. The number of phenolic OH excluding ortho intramolecular Hbond substituents is 1. The molecule has 0 unspecified atom stereocenters. The minimum atomic E-state index is -0.988. The summed E-state index contributed by atoms with van der Waals surface area (Å²) in [7, 11) is 0. The molecule has 5 aliphatic rings. The molecule has 7 heteroatoms. The number of benzene rings is 1. The Morgan fingerprint density at radius 2 is 2.10 bits per heavy atom. The molecule has 3 fully saturated rings. The lowest BCUT2D eigenvalue weighted by Gasteiger charge is -2.60. The first-order valence-corrected chi connectivity index (χ1v) is 11.3. The molecular weight excluding hydrogens is 392 g/mol. The van der Waals surface area contributed by atoms with Crippen LogP contribution in [0.5, 0.6) is 11.5 Å². The zero-order valence-corrected chi connectivity index (χ0v) is 17.2. The SMILES string of the molecule is O=C(CCl)N1CC[C@@]2(O)[C@H]3Cc4ccc(O)c5c4[C@@]2(CCN3CC2CC2)[C@H](C1)O5. The normalized spacial score (nSPS) is 37.7. The predicted octanol–water partition coefficient (Wildman–Crippen LogP) is 1.63. The molecule has 1 aromatic carbocycles. The lowest BCUT2D eigenvalue weighted by atomic mass is 9.52. The zero-order chi connectivity index (χ0) is 20.0. The van der Waals surface area contributed by atoms with Crippen molar-refractivity contribution in [3.05, 3.63) is 23.3 Å². The van der Waals surface area contributed by atoms with Crippen molar-refractivity contribution in [2.45, 2.75) is 55.3 Å². The first kappa shape index (κ1) is 18.3. The van der Waals surface area contributed by atoms with Gasteiger partial charge in [-0.15, -0.1) is 11.6 Å². The fourth-order valence-corrected chi connectivity index (χ4v) is 6.88. The number of rotatable bonds is 3. The number of hydrogen-bond acceptors (Lipinski definition) is 5. The largest absolute Gasteiger partial charge is 0.504 e. The van der Waals surface area contributed by atoms with Crippen molar-refractivity contribution >= 4 is 17.5 Å². The fraction of sp³-hybridized carbons (Fsp3) is 0.682. The molecule has 6 nitrogen and oxygen atoms in total. The molecule has 6 rings (SSSR count). The van der Waals surface area contributed by atoms with E-state index in [1.807, 2.05) is 6.07 Å². The topological polar surface area (TPSA) is 73.2 Å². The van der Waals surface area contributed by atoms with Crippen LogP contribution in [0, 0.1) is 5.92 Å². The lowest BCUT2D eigenvalue weighted by Crippen LogP contribution is -2.74. The van der Waals surface area contributed by atoms with Crippen molar-refractivity contribution in [3.63, 3.8) is 0 Å². The third-order valence-electron chi connectivity index (χ3n) is 8.26. The smallest absolute Gasteiger partial charge is 0.237 e. The number of phenols is 1. The van der Waals surface area contributed by atoms with E-state index in [1.165, 1.54) is 18.4 Å². The van der Waals surface area contributed by atoms with Gasteiger partial charge >= 0.3 is 0 Å². The summed E-state index contributed by atoms with van der Waals surface area (Å²) < 4.78 is 6.34. The van der Waals surface area contributed by atoms with Gasteiger partial charge in [0.25, 0.3) is 0 Å². The van der Waals surface area contributed by atoms with Gasteiger partial charge in [0.2, 0.25) is 5.91 Å². The fourth-order valence-electron chi connectivity index (χ4n) is 6.72. The van der Waals surface area contributed by atoms with E-state index < -0.39 is 11.0 Å². The summed E-state index contributed by atoms with van der Waals surface area (Å²) in [6.45, 7) is 2.85. The second kappa shape index (κ2) is 6.02. The van der Waals surface area contributed by atoms with Gasteiger partial charge in [0, 0.05) is 24.7 Å². The van der Waals surface area contributed by atoms with Crippen LogP contribution in [0.1, 0.15) is 36.8 Å². The molecule has 29 heavy (non-hydrogen) atoms. The summed E-state index contributed by atoms with van der Waals surface area (Å²) in [5, 5.41) is 22.9. The molecule has 156 valence electrons. The molecule has 4 atom stereocenters. The van der Waals surface area contributed by atoms with Gasteiger partial charge in [0.15, 0.2) is 11.5 Å². The van der Waals surface area contributed by atoms with Crippen LogP contribution in [0.15, 0.2) is 12.1 Å². The summed E-state index contributed by atoms with van der Waals surface area (Å²) >= 11 is 5.87. The standard InChI is InChI=1S/C22H27ClN2O4/c23-10-18(27)25-8-6-22(28)16-9-14-3-4-15(26)20-19(14)21(22,17(12-25)29-20)5-7-24(16)11-13-1-2-13/h3-4,13,16-17,26,28H,1-2,5-12H2/t16-,17+,21-,22-/m1/s1. The maximum Gasteiger partial charge on any atom is 0.237 e. The Morgan fingerprint density at radius 3 is 2.86 bits per heavy atom. The van der Waals surface area contributed by atoms with E-state index in [4.69, 9.17) is 16.3 Å². The van der Waals surface area contributed by atoms with Crippen molar-refractivity contribution in [3.8, 4) is 11.5 Å². The second-order valence-corrected chi connectivity index (χ2v) is 9.85. The van der Waals surface area contributed by atoms with Crippen LogP contribution in [-0.4, -0.2) is 75.7 Å². The molecule has 2 aliphatic carbocycles. The number of hydrogen-bond donors (Lipinski definition) is 2. The number of alkyl halides is 1. The van der Waals surface area contributed by atoms with Crippen LogP contribution in [0.25, 0.3) is 0 Å². The third kappa shape index (κ3) is 2.28. The van der Waals surface area contributed by atoms with Crippen LogP contribution in [0.4, 0.5) is 0 Å². The summed E-state index contributed by atoms with van der Waals surface area (Å²) in [6.07, 6.45) is 4.25. The lowest BCUT2D eigenvalue weighted by molar-refractivity contribution is -0.162. The summed E-state index contributed by atoms with van der Waals surface area (Å²) in [5.41, 5.74) is 0.596. The van der Waals surface area contributed by atoms with E-state index in [0.29, 0.717) is 25.3 Å². The quantitative estimate of drug-likeness (QED) is 0.730. The van der Waals surface area contributed by atoms with E-state index in [-0.39, 0.29) is 29.7 Å². The van der Waals surface area contributed by atoms with Gasteiger partial charge in [0.1, 0.15) is 12.0 Å². The van der Waals surface area contributed by atoms with Gasteiger partial charge in [-0.05, 0) is 56.2 Å². The highest BCUT2D eigenvalue weighted by Crippen LogP contribution is 2.63. The molecule has 1 aromatic rings. The third-order valence-corrected chi connectivity index (χ3v) is 8.48. The van der Waals surface area contributed by atoms with Gasteiger partial charge in [-0.2, -0.15) is 0 Å². The van der Waals surface area contributed by atoms with Crippen molar-refractivity contribution < 1.29 is 19.7 Å². The Labute approximate surface area is 175 Å². The van der Waals surface area contributed by atoms with Crippen LogP contribution in [0.2, 0.25) is 0 Å². The number of ether oxygens (including phenoxy) is 1. The number of carbonyl (C=O) groups excluding carboxylic acids is 1. The Bertz CT molecular complexity index is 890. The molecule has 0 aromatic heterocycles. The molecule has 2 N–H and O–H groups in total. The van der Waals surface area contributed by atoms with Crippen molar-refractivity contribution in [1.82, 2.24) is 9.80 Å². The molecule has 1 spiro atoms. The van der Waals surface area contributed by atoms with Crippen molar-refractivity contribution in [2.75, 3.05) is 32.1 Å². The molecule has 1 saturated carbocycles. The van der Waals surface area contributed by atoms with Crippen LogP contribution in [0.3, 0.4) is 0 Å². The number of carbonyl (C=O) groups is 1. The zero-order valence-electron chi connectivity index (χ0n) is 16.4. The van der Waals surface area contributed by atoms with E-state index in [1.54, 1.807) is 11.0 Å². The van der Waals surface area contributed by atoms with Gasteiger partial charge in [0.05, 0.1) is 17.6 Å².